The van der Waals surface area contributed by atoms with Crippen molar-refractivity contribution < 1.29 is 28.6 Å². The van der Waals surface area contributed by atoms with Gasteiger partial charge in [-0.1, -0.05) is 12.1 Å². The molecule has 1 aromatic carbocycles. The molecule has 0 bridgehead atoms. The normalized spacial score (nSPS) is 9.89. The lowest BCUT2D eigenvalue weighted by molar-refractivity contribution is -0.176. The Balaban J connectivity index is 3.04. The van der Waals surface area contributed by atoms with Crippen LogP contribution in [0.5, 0.6) is 5.75 Å². The van der Waals surface area contributed by atoms with Crippen LogP contribution < -0.4 is 4.74 Å². The third kappa shape index (κ3) is 4.09. The first-order valence-electron chi connectivity index (χ1n) is 5.47. The Morgan fingerprint density at radius 1 is 1.00 bits per heavy atom. The molecule has 0 saturated carbocycles. The van der Waals surface area contributed by atoms with Crippen molar-refractivity contribution in [2.75, 3.05) is 7.11 Å². The maximum atomic E-state index is 12.2. The number of carbonyl (C=O) groups is 3. The highest BCUT2D eigenvalue weighted by molar-refractivity contribution is 6.02. The number of rotatable bonds is 5. The summed E-state index contributed by atoms with van der Waals surface area (Å²) in [6.45, 7) is 2.23. The van der Waals surface area contributed by atoms with E-state index in [1.54, 1.807) is 18.2 Å². The molecule has 1 aromatic rings. The highest BCUT2D eigenvalue weighted by Crippen LogP contribution is 2.20. The summed E-state index contributed by atoms with van der Waals surface area (Å²) >= 11 is 0. The van der Waals surface area contributed by atoms with E-state index < -0.39 is 24.0 Å². The number of ketones is 1. The van der Waals surface area contributed by atoms with E-state index in [2.05, 4.69) is 9.47 Å². The van der Waals surface area contributed by atoms with Crippen LogP contribution in [0, 0.1) is 0 Å². The highest BCUT2D eigenvalue weighted by atomic mass is 16.7. The minimum atomic E-state index is -1.61. The third-order valence-corrected chi connectivity index (χ3v) is 2.13. The quantitative estimate of drug-likeness (QED) is 0.454. The summed E-state index contributed by atoms with van der Waals surface area (Å²) in [5, 5.41) is 0. The summed E-state index contributed by atoms with van der Waals surface area (Å²) in [6, 6.07) is 6.36. The lowest BCUT2D eigenvalue weighted by Crippen LogP contribution is -2.31. The summed E-state index contributed by atoms with van der Waals surface area (Å²) in [5.41, 5.74) is 0.164. The van der Waals surface area contributed by atoms with Crippen LogP contribution in [0.25, 0.3) is 0 Å². The summed E-state index contributed by atoms with van der Waals surface area (Å²) in [5.74, 6) is -1.82. The van der Waals surface area contributed by atoms with Gasteiger partial charge < -0.3 is 14.2 Å². The molecule has 0 N–H and O–H groups in total. The van der Waals surface area contributed by atoms with Crippen molar-refractivity contribution >= 4 is 17.7 Å². The van der Waals surface area contributed by atoms with Gasteiger partial charge in [0.25, 0.3) is 0 Å². The Bertz CT molecular complexity index is 478. The first-order valence-corrected chi connectivity index (χ1v) is 5.47. The molecule has 0 heterocycles. The van der Waals surface area contributed by atoms with Gasteiger partial charge in [-0.2, -0.15) is 0 Å². The number of para-hydroxylation sites is 1. The molecule has 1 rings (SSSR count). The fourth-order valence-corrected chi connectivity index (χ4v) is 1.41. The monoisotopic (exact) mass is 266 g/mol. The fraction of sp³-hybridized carbons (Fsp3) is 0.308. The average molecular weight is 266 g/mol. The second-order valence-corrected chi connectivity index (χ2v) is 3.62. The standard InChI is InChI=1S/C13H14O6/c1-8(14)18-13(19-9(2)15)12(16)10-6-4-5-7-11(10)17-3/h4-7,13H,1-3H3. The van der Waals surface area contributed by atoms with E-state index in [4.69, 9.17) is 4.74 Å². The molecule has 6 nitrogen and oxygen atoms in total. The van der Waals surface area contributed by atoms with Gasteiger partial charge in [0.1, 0.15) is 5.75 Å². The van der Waals surface area contributed by atoms with Crippen molar-refractivity contribution in [1.82, 2.24) is 0 Å². The van der Waals surface area contributed by atoms with Crippen molar-refractivity contribution in [3.05, 3.63) is 29.8 Å². The second kappa shape index (κ2) is 6.53. The van der Waals surface area contributed by atoms with E-state index in [0.29, 0.717) is 5.75 Å². The Kier molecular flexibility index (Phi) is 5.05. The van der Waals surface area contributed by atoms with Gasteiger partial charge in [-0.15, -0.1) is 0 Å². The molecule has 0 aromatic heterocycles. The van der Waals surface area contributed by atoms with Crippen LogP contribution >= 0.6 is 0 Å². The molecule has 0 aliphatic rings. The number of carbonyl (C=O) groups excluding carboxylic acids is 3. The Morgan fingerprint density at radius 3 is 2.00 bits per heavy atom. The minimum Gasteiger partial charge on any atom is -0.496 e. The summed E-state index contributed by atoms with van der Waals surface area (Å²) in [7, 11) is 1.40. The van der Waals surface area contributed by atoms with Crippen molar-refractivity contribution in [3.8, 4) is 5.75 Å². The maximum Gasteiger partial charge on any atom is 0.310 e. The third-order valence-electron chi connectivity index (χ3n) is 2.13. The molecule has 0 spiro atoms. The number of methoxy groups -OCH3 is 1. The molecular weight excluding hydrogens is 252 g/mol. The first kappa shape index (κ1) is 14.7. The van der Waals surface area contributed by atoms with Crippen molar-refractivity contribution in [2.45, 2.75) is 20.1 Å². The SMILES string of the molecule is COc1ccccc1C(=O)C(OC(C)=O)OC(C)=O. The zero-order valence-electron chi connectivity index (χ0n) is 10.8. The van der Waals surface area contributed by atoms with E-state index in [9.17, 15) is 14.4 Å². The van der Waals surface area contributed by atoms with Gasteiger partial charge in [0, 0.05) is 13.8 Å². The zero-order valence-corrected chi connectivity index (χ0v) is 10.8. The highest BCUT2D eigenvalue weighted by Gasteiger charge is 2.28. The molecule has 0 aliphatic heterocycles. The average Bonchev–Trinajstić information content (AvgIpc) is 2.36. The van der Waals surface area contributed by atoms with Gasteiger partial charge >= 0.3 is 18.2 Å². The predicted molar refractivity (Wildman–Crippen MR) is 64.6 cm³/mol. The van der Waals surface area contributed by atoms with Crippen molar-refractivity contribution in [1.29, 1.82) is 0 Å². The number of ether oxygens (including phenoxy) is 3. The molecule has 0 saturated heterocycles. The second-order valence-electron chi connectivity index (χ2n) is 3.62. The van der Waals surface area contributed by atoms with Gasteiger partial charge in [0.05, 0.1) is 12.7 Å². The van der Waals surface area contributed by atoms with Crippen LogP contribution in [0.2, 0.25) is 0 Å². The largest absolute Gasteiger partial charge is 0.496 e. The molecule has 0 amide bonds. The fourth-order valence-electron chi connectivity index (χ4n) is 1.41. The van der Waals surface area contributed by atoms with Crippen LogP contribution in [-0.2, 0) is 19.1 Å². The van der Waals surface area contributed by atoms with E-state index in [1.807, 2.05) is 0 Å². The molecule has 0 unspecified atom stereocenters. The van der Waals surface area contributed by atoms with Gasteiger partial charge in [-0.3, -0.25) is 14.4 Å². The van der Waals surface area contributed by atoms with Crippen LogP contribution in [0.1, 0.15) is 24.2 Å². The molecule has 102 valence electrons. The van der Waals surface area contributed by atoms with Gasteiger partial charge in [0.15, 0.2) is 0 Å². The van der Waals surface area contributed by atoms with Gasteiger partial charge in [-0.05, 0) is 12.1 Å². The Morgan fingerprint density at radius 2 is 1.53 bits per heavy atom. The summed E-state index contributed by atoms with van der Waals surface area (Å²) in [4.78, 5) is 34.0. The van der Waals surface area contributed by atoms with Crippen LogP contribution in [-0.4, -0.2) is 31.1 Å². The number of esters is 2. The molecule has 0 radical (unpaired) electrons. The number of hydrogen-bond acceptors (Lipinski definition) is 6. The van der Waals surface area contributed by atoms with E-state index in [1.165, 1.54) is 13.2 Å². The van der Waals surface area contributed by atoms with E-state index >= 15 is 0 Å². The van der Waals surface area contributed by atoms with Crippen LogP contribution in [0.4, 0.5) is 0 Å². The zero-order chi connectivity index (χ0) is 14.4. The molecular formula is C13H14O6. The smallest absolute Gasteiger partial charge is 0.310 e. The lowest BCUT2D eigenvalue weighted by atomic mass is 10.1. The van der Waals surface area contributed by atoms with Crippen molar-refractivity contribution in [2.24, 2.45) is 0 Å². The molecule has 0 atom stereocenters. The van der Waals surface area contributed by atoms with Crippen LogP contribution in [0.3, 0.4) is 0 Å². The molecule has 0 fully saturated rings. The van der Waals surface area contributed by atoms with Gasteiger partial charge in [-0.25, -0.2) is 0 Å². The summed E-state index contributed by atoms with van der Waals surface area (Å²) < 4.78 is 14.4. The Hall–Kier alpha value is -2.37. The van der Waals surface area contributed by atoms with Crippen molar-refractivity contribution in [3.63, 3.8) is 0 Å². The molecule has 6 heteroatoms. The van der Waals surface area contributed by atoms with Gasteiger partial charge in [0.2, 0.25) is 5.78 Å². The molecule has 19 heavy (non-hydrogen) atoms. The maximum absolute atomic E-state index is 12.2. The number of benzene rings is 1. The molecule has 0 aliphatic carbocycles. The Labute approximate surface area is 110 Å². The van der Waals surface area contributed by atoms with E-state index in [-0.39, 0.29) is 5.56 Å². The lowest BCUT2D eigenvalue weighted by Gasteiger charge is -2.16. The number of Topliss-reactive ketones (excluding diaryl/α,β-unsaturated/α-hetero) is 1. The van der Waals surface area contributed by atoms with E-state index in [0.717, 1.165) is 13.8 Å². The minimum absolute atomic E-state index is 0.164. The number of hydrogen-bond donors (Lipinski definition) is 0. The summed E-state index contributed by atoms with van der Waals surface area (Å²) in [6.07, 6.45) is -1.61. The van der Waals surface area contributed by atoms with Crippen LogP contribution in [0.15, 0.2) is 24.3 Å². The predicted octanol–water partition coefficient (Wildman–Crippen LogP) is 1.33. The topological polar surface area (TPSA) is 78.9 Å². The first-order chi connectivity index (χ1) is 8.95.